The van der Waals surface area contributed by atoms with Crippen molar-refractivity contribution in [3.05, 3.63) is 63.2 Å². The number of hydrogen-bond acceptors (Lipinski definition) is 5. The summed E-state index contributed by atoms with van der Waals surface area (Å²) in [6.07, 6.45) is 0. The SMILES string of the molecule is CC(=O)Oc1cccc(NC(=O)c2ccc([N+](=O)[O-])cc2Cl)c1. The Morgan fingerprint density at radius 1 is 1.22 bits per heavy atom. The molecule has 0 atom stereocenters. The van der Waals surface area contributed by atoms with E-state index in [-0.39, 0.29) is 22.0 Å². The van der Waals surface area contributed by atoms with Crippen molar-refractivity contribution in [2.45, 2.75) is 6.92 Å². The van der Waals surface area contributed by atoms with Crippen molar-refractivity contribution in [2.75, 3.05) is 5.32 Å². The Labute approximate surface area is 136 Å². The molecule has 2 aromatic rings. The molecule has 1 amide bonds. The Morgan fingerprint density at radius 3 is 2.57 bits per heavy atom. The zero-order valence-electron chi connectivity index (χ0n) is 11.9. The third-order valence-electron chi connectivity index (χ3n) is 2.76. The first-order valence-corrected chi connectivity index (χ1v) is 6.78. The number of nitrogens with zero attached hydrogens (tertiary/aromatic N) is 1. The minimum atomic E-state index is -0.601. The van der Waals surface area contributed by atoms with E-state index < -0.39 is 16.8 Å². The molecule has 8 heteroatoms. The fourth-order valence-corrected chi connectivity index (χ4v) is 2.06. The molecule has 23 heavy (non-hydrogen) atoms. The predicted molar refractivity (Wildman–Crippen MR) is 83.8 cm³/mol. The molecule has 2 rings (SSSR count). The summed E-state index contributed by atoms with van der Waals surface area (Å²) >= 11 is 5.90. The number of nitro benzene ring substituents is 1. The van der Waals surface area contributed by atoms with Crippen LogP contribution in [0.2, 0.25) is 5.02 Å². The largest absolute Gasteiger partial charge is 0.427 e. The van der Waals surface area contributed by atoms with E-state index in [0.29, 0.717) is 5.69 Å². The lowest BCUT2D eigenvalue weighted by atomic mass is 10.2. The van der Waals surface area contributed by atoms with Gasteiger partial charge in [0.15, 0.2) is 0 Å². The first kappa shape index (κ1) is 16.4. The van der Waals surface area contributed by atoms with Gasteiger partial charge in [-0.25, -0.2) is 0 Å². The summed E-state index contributed by atoms with van der Waals surface area (Å²) in [5.74, 6) is -0.734. The minimum Gasteiger partial charge on any atom is -0.427 e. The second-order valence-electron chi connectivity index (χ2n) is 4.50. The predicted octanol–water partition coefficient (Wildman–Crippen LogP) is 3.43. The molecule has 0 bridgehead atoms. The van der Waals surface area contributed by atoms with E-state index in [1.807, 2.05) is 0 Å². The van der Waals surface area contributed by atoms with Crippen LogP contribution < -0.4 is 10.1 Å². The fourth-order valence-electron chi connectivity index (χ4n) is 1.80. The number of ether oxygens (including phenoxy) is 1. The van der Waals surface area contributed by atoms with Gasteiger partial charge in [0.05, 0.1) is 15.5 Å². The highest BCUT2D eigenvalue weighted by molar-refractivity contribution is 6.34. The molecule has 0 saturated heterocycles. The Balaban J connectivity index is 2.19. The zero-order chi connectivity index (χ0) is 17.0. The number of hydrogen-bond donors (Lipinski definition) is 1. The van der Waals surface area contributed by atoms with Gasteiger partial charge in [-0.3, -0.25) is 19.7 Å². The Kier molecular flexibility index (Phi) is 4.92. The first-order chi connectivity index (χ1) is 10.9. The highest BCUT2D eigenvalue weighted by Gasteiger charge is 2.15. The second-order valence-corrected chi connectivity index (χ2v) is 4.90. The van der Waals surface area contributed by atoms with Gasteiger partial charge in [0.1, 0.15) is 5.75 Å². The number of halogens is 1. The smallest absolute Gasteiger partial charge is 0.308 e. The summed E-state index contributed by atoms with van der Waals surface area (Å²) in [7, 11) is 0. The van der Waals surface area contributed by atoms with Crippen LogP contribution >= 0.6 is 11.6 Å². The van der Waals surface area contributed by atoms with E-state index in [1.165, 1.54) is 25.1 Å². The average molecular weight is 335 g/mol. The summed E-state index contributed by atoms with van der Waals surface area (Å²) in [5, 5.41) is 13.2. The van der Waals surface area contributed by atoms with Crippen LogP contribution in [0.15, 0.2) is 42.5 Å². The first-order valence-electron chi connectivity index (χ1n) is 6.40. The van der Waals surface area contributed by atoms with E-state index in [2.05, 4.69) is 5.32 Å². The Bertz CT molecular complexity index is 791. The Hall–Kier alpha value is -2.93. The number of carbonyl (C=O) groups excluding carboxylic acids is 2. The van der Waals surface area contributed by atoms with Crippen molar-refractivity contribution in [1.29, 1.82) is 0 Å². The maximum Gasteiger partial charge on any atom is 0.308 e. The molecule has 0 unspecified atom stereocenters. The molecule has 1 N–H and O–H groups in total. The maximum absolute atomic E-state index is 12.2. The van der Waals surface area contributed by atoms with Crippen LogP contribution in [0.5, 0.6) is 5.75 Å². The van der Waals surface area contributed by atoms with Gasteiger partial charge in [0, 0.05) is 30.8 Å². The minimum absolute atomic E-state index is 0.0344. The van der Waals surface area contributed by atoms with Crippen molar-refractivity contribution in [3.8, 4) is 5.75 Å². The van der Waals surface area contributed by atoms with Gasteiger partial charge in [-0.1, -0.05) is 17.7 Å². The van der Waals surface area contributed by atoms with Gasteiger partial charge < -0.3 is 10.1 Å². The molecular formula is C15H11ClN2O5. The number of rotatable bonds is 4. The summed E-state index contributed by atoms with van der Waals surface area (Å²) in [5.41, 5.74) is 0.279. The maximum atomic E-state index is 12.2. The number of esters is 1. The molecule has 0 saturated carbocycles. The molecule has 0 aliphatic heterocycles. The van der Waals surface area contributed by atoms with Crippen LogP contribution in [0.25, 0.3) is 0 Å². The van der Waals surface area contributed by atoms with Crippen LogP contribution in [-0.2, 0) is 4.79 Å². The molecule has 0 aliphatic rings. The van der Waals surface area contributed by atoms with E-state index in [0.717, 1.165) is 6.07 Å². The molecule has 0 radical (unpaired) electrons. The zero-order valence-corrected chi connectivity index (χ0v) is 12.7. The van der Waals surface area contributed by atoms with Crippen LogP contribution in [-0.4, -0.2) is 16.8 Å². The lowest BCUT2D eigenvalue weighted by Gasteiger charge is -2.08. The topological polar surface area (TPSA) is 98.5 Å². The molecule has 2 aromatic carbocycles. The Morgan fingerprint density at radius 2 is 1.96 bits per heavy atom. The van der Waals surface area contributed by atoms with E-state index in [4.69, 9.17) is 16.3 Å². The second kappa shape index (κ2) is 6.89. The quantitative estimate of drug-likeness (QED) is 0.400. The molecule has 7 nitrogen and oxygen atoms in total. The van der Waals surface area contributed by atoms with Gasteiger partial charge in [-0.05, 0) is 18.2 Å². The van der Waals surface area contributed by atoms with Gasteiger partial charge in [-0.15, -0.1) is 0 Å². The fraction of sp³-hybridized carbons (Fsp3) is 0.0667. The average Bonchev–Trinajstić information content (AvgIpc) is 2.46. The van der Waals surface area contributed by atoms with Gasteiger partial charge in [-0.2, -0.15) is 0 Å². The standard InChI is InChI=1S/C15H11ClN2O5/c1-9(19)23-12-4-2-3-10(7-12)17-15(20)13-6-5-11(18(21)22)8-14(13)16/h2-8H,1H3,(H,17,20). The van der Waals surface area contributed by atoms with E-state index in [1.54, 1.807) is 18.2 Å². The molecular weight excluding hydrogens is 324 g/mol. The number of amides is 1. The summed E-state index contributed by atoms with van der Waals surface area (Å²) < 4.78 is 4.92. The number of nitro groups is 1. The molecule has 118 valence electrons. The molecule has 0 heterocycles. The molecule has 0 spiro atoms. The van der Waals surface area contributed by atoms with Crippen molar-refractivity contribution in [1.82, 2.24) is 0 Å². The lowest BCUT2D eigenvalue weighted by molar-refractivity contribution is -0.384. The van der Waals surface area contributed by atoms with Crippen LogP contribution in [0.1, 0.15) is 17.3 Å². The third kappa shape index (κ3) is 4.27. The summed E-state index contributed by atoms with van der Waals surface area (Å²) in [6.45, 7) is 1.27. The number of nitrogens with one attached hydrogen (secondary N) is 1. The lowest BCUT2D eigenvalue weighted by Crippen LogP contribution is -2.12. The van der Waals surface area contributed by atoms with Crippen molar-refractivity contribution >= 4 is 34.9 Å². The van der Waals surface area contributed by atoms with Crippen LogP contribution in [0.4, 0.5) is 11.4 Å². The normalized spacial score (nSPS) is 10.0. The highest BCUT2D eigenvalue weighted by atomic mass is 35.5. The van der Waals surface area contributed by atoms with Crippen molar-refractivity contribution < 1.29 is 19.2 Å². The van der Waals surface area contributed by atoms with Gasteiger partial charge in [0.25, 0.3) is 11.6 Å². The van der Waals surface area contributed by atoms with E-state index >= 15 is 0 Å². The van der Waals surface area contributed by atoms with Gasteiger partial charge in [0.2, 0.25) is 0 Å². The van der Waals surface area contributed by atoms with Crippen LogP contribution in [0.3, 0.4) is 0 Å². The summed E-state index contributed by atoms with van der Waals surface area (Å²) in [4.78, 5) is 33.1. The van der Waals surface area contributed by atoms with Crippen molar-refractivity contribution in [3.63, 3.8) is 0 Å². The molecule has 0 fully saturated rings. The number of carbonyl (C=O) groups is 2. The number of benzene rings is 2. The number of non-ortho nitro benzene ring substituents is 1. The van der Waals surface area contributed by atoms with Crippen molar-refractivity contribution in [2.24, 2.45) is 0 Å². The summed E-state index contributed by atoms with van der Waals surface area (Å²) in [6, 6.07) is 9.80. The number of anilines is 1. The van der Waals surface area contributed by atoms with Gasteiger partial charge >= 0.3 is 5.97 Å². The third-order valence-corrected chi connectivity index (χ3v) is 3.07. The van der Waals surface area contributed by atoms with Crippen LogP contribution in [0, 0.1) is 10.1 Å². The molecule has 0 aliphatic carbocycles. The molecule has 0 aromatic heterocycles. The monoisotopic (exact) mass is 334 g/mol. The van der Waals surface area contributed by atoms with E-state index in [9.17, 15) is 19.7 Å². The highest BCUT2D eigenvalue weighted by Crippen LogP contribution is 2.24.